The molecular formula is C15H11F5N2O. The van der Waals surface area contributed by atoms with E-state index in [1.807, 2.05) is 6.07 Å². The summed E-state index contributed by atoms with van der Waals surface area (Å²) in [6.07, 6.45) is -5.64. The van der Waals surface area contributed by atoms with Gasteiger partial charge in [0.25, 0.3) is 0 Å². The Balaban J connectivity index is 2.26. The van der Waals surface area contributed by atoms with Crippen LogP contribution < -0.4 is 0 Å². The number of aryl methyl sites for hydroxylation is 1. The zero-order chi connectivity index (χ0) is 17.0. The quantitative estimate of drug-likeness (QED) is 0.623. The Morgan fingerprint density at radius 3 is 2.52 bits per heavy atom. The van der Waals surface area contributed by atoms with Crippen molar-refractivity contribution in [1.82, 2.24) is 4.73 Å². The van der Waals surface area contributed by atoms with E-state index in [1.54, 1.807) is 0 Å². The molecule has 1 aliphatic rings. The maximum atomic E-state index is 13.8. The second kappa shape index (κ2) is 4.85. The minimum absolute atomic E-state index is 0.124. The first-order valence-corrected chi connectivity index (χ1v) is 6.89. The fourth-order valence-corrected chi connectivity index (χ4v) is 3.22. The molecule has 2 aromatic rings. The van der Waals surface area contributed by atoms with E-state index in [4.69, 9.17) is 5.26 Å². The van der Waals surface area contributed by atoms with Gasteiger partial charge in [0, 0.05) is 5.39 Å². The first-order chi connectivity index (χ1) is 10.7. The largest absolute Gasteiger partial charge is 0.453 e. The van der Waals surface area contributed by atoms with Crippen LogP contribution in [0.1, 0.15) is 35.6 Å². The zero-order valence-corrected chi connectivity index (χ0v) is 11.7. The molecule has 3 rings (SSSR count). The molecule has 1 aliphatic carbocycles. The second-order valence-corrected chi connectivity index (χ2v) is 5.58. The van der Waals surface area contributed by atoms with Gasteiger partial charge in [-0.1, -0.05) is 0 Å². The molecule has 122 valence electrons. The Morgan fingerprint density at radius 2 is 1.91 bits per heavy atom. The third-order valence-corrected chi connectivity index (χ3v) is 4.28. The highest BCUT2D eigenvalue weighted by Crippen LogP contribution is 2.51. The van der Waals surface area contributed by atoms with Crippen molar-refractivity contribution >= 4 is 10.9 Å². The number of hydrogen-bond donors (Lipinski definition) is 1. The molecule has 0 aliphatic heterocycles. The summed E-state index contributed by atoms with van der Waals surface area (Å²) in [6.45, 7) is 0. The Morgan fingerprint density at radius 1 is 1.22 bits per heavy atom. The molecule has 1 aromatic carbocycles. The number of nitrogens with zero attached hydrogens (tertiary/aromatic N) is 2. The van der Waals surface area contributed by atoms with Crippen molar-refractivity contribution in [3.8, 4) is 6.07 Å². The molecule has 0 saturated carbocycles. The van der Waals surface area contributed by atoms with Crippen molar-refractivity contribution in [1.29, 1.82) is 5.26 Å². The highest BCUT2D eigenvalue weighted by atomic mass is 19.4. The Bertz CT molecular complexity index is 816. The molecule has 8 heteroatoms. The summed E-state index contributed by atoms with van der Waals surface area (Å²) in [5.74, 6) is -7.08. The van der Waals surface area contributed by atoms with Gasteiger partial charge in [0.15, 0.2) is 0 Å². The number of nitriles is 1. The van der Waals surface area contributed by atoms with Crippen molar-refractivity contribution < 1.29 is 27.2 Å². The van der Waals surface area contributed by atoms with Crippen LogP contribution in [0.4, 0.5) is 22.0 Å². The van der Waals surface area contributed by atoms with Crippen LogP contribution >= 0.6 is 0 Å². The van der Waals surface area contributed by atoms with Gasteiger partial charge in [-0.2, -0.15) is 31.9 Å². The zero-order valence-electron chi connectivity index (χ0n) is 11.7. The SMILES string of the molecule is N#Cc1ccc2c(c1)c1c(n2O)C(C(F)(F)C(F)(F)F)CCC1. The number of halogens is 5. The minimum atomic E-state index is -5.69. The molecule has 0 amide bonds. The van der Waals surface area contributed by atoms with Crippen LogP contribution in [-0.4, -0.2) is 22.0 Å². The molecule has 23 heavy (non-hydrogen) atoms. The van der Waals surface area contributed by atoms with Gasteiger partial charge >= 0.3 is 12.1 Å². The second-order valence-electron chi connectivity index (χ2n) is 5.58. The Kier molecular flexibility index (Phi) is 3.29. The monoisotopic (exact) mass is 330 g/mol. The normalized spacial score (nSPS) is 18.7. The van der Waals surface area contributed by atoms with Gasteiger partial charge in [-0.15, -0.1) is 0 Å². The standard InChI is InChI=1S/C15H11F5N2O/c16-14(17,15(18,19)20)11-3-1-2-9-10-6-8(7-21)4-5-12(10)22(23)13(9)11/h4-6,11,23H,1-3H2. The van der Waals surface area contributed by atoms with Gasteiger partial charge < -0.3 is 5.21 Å². The molecule has 1 heterocycles. The first-order valence-electron chi connectivity index (χ1n) is 6.89. The van der Waals surface area contributed by atoms with Gasteiger partial charge in [-0.05, 0) is 43.0 Å². The van der Waals surface area contributed by atoms with E-state index in [0.717, 1.165) is 0 Å². The van der Waals surface area contributed by atoms with Crippen molar-refractivity contribution in [3.63, 3.8) is 0 Å². The summed E-state index contributed by atoms with van der Waals surface area (Å²) in [6, 6.07) is 5.99. The topological polar surface area (TPSA) is 49.0 Å². The van der Waals surface area contributed by atoms with Crippen LogP contribution in [0.25, 0.3) is 10.9 Å². The molecule has 1 unspecified atom stereocenters. The van der Waals surface area contributed by atoms with E-state index in [9.17, 15) is 27.2 Å². The molecule has 0 fully saturated rings. The third-order valence-electron chi connectivity index (χ3n) is 4.28. The lowest BCUT2D eigenvalue weighted by molar-refractivity contribution is -0.293. The third kappa shape index (κ3) is 2.14. The molecular weight excluding hydrogens is 319 g/mol. The van der Waals surface area contributed by atoms with E-state index in [0.29, 0.717) is 10.1 Å². The highest BCUT2D eigenvalue weighted by molar-refractivity contribution is 5.87. The predicted molar refractivity (Wildman–Crippen MR) is 70.5 cm³/mol. The minimum Gasteiger partial charge on any atom is -0.428 e. The van der Waals surface area contributed by atoms with Crippen LogP contribution in [0.3, 0.4) is 0 Å². The fraction of sp³-hybridized carbons (Fsp3) is 0.400. The number of fused-ring (bicyclic) bond motifs is 3. The van der Waals surface area contributed by atoms with Gasteiger partial charge in [-0.25, -0.2) is 0 Å². The first kappa shape index (κ1) is 15.6. The Hall–Kier alpha value is -2.30. The van der Waals surface area contributed by atoms with Gasteiger partial charge in [0.1, 0.15) is 0 Å². The van der Waals surface area contributed by atoms with Crippen molar-refractivity contribution in [2.75, 3.05) is 0 Å². The summed E-state index contributed by atoms with van der Waals surface area (Å²) in [5, 5.41) is 19.4. The van der Waals surface area contributed by atoms with Gasteiger partial charge in [0.2, 0.25) is 0 Å². The van der Waals surface area contributed by atoms with E-state index >= 15 is 0 Å². The molecule has 0 saturated heterocycles. The number of alkyl halides is 5. The smallest absolute Gasteiger partial charge is 0.428 e. The van der Waals surface area contributed by atoms with E-state index < -0.39 is 23.7 Å². The van der Waals surface area contributed by atoms with E-state index in [1.165, 1.54) is 18.2 Å². The summed E-state index contributed by atoms with van der Waals surface area (Å²) in [5.41, 5.74) is 0.206. The molecule has 1 aromatic heterocycles. The lowest BCUT2D eigenvalue weighted by Gasteiger charge is -2.31. The van der Waals surface area contributed by atoms with Gasteiger partial charge in [-0.3, -0.25) is 0 Å². The van der Waals surface area contributed by atoms with Crippen LogP contribution in [0.15, 0.2) is 18.2 Å². The summed E-state index contributed by atoms with van der Waals surface area (Å²) >= 11 is 0. The molecule has 0 spiro atoms. The molecule has 3 nitrogen and oxygen atoms in total. The van der Waals surface area contributed by atoms with Crippen LogP contribution in [0, 0.1) is 11.3 Å². The van der Waals surface area contributed by atoms with Crippen molar-refractivity contribution in [2.24, 2.45) is 0 Å². The molecule has 1 N–H and O–H groups in total. The van der Waals surface area contributed by atoms with Crippen LogP contribution in [0.5, 0.6) is 0 Å². The summed E-state index contributed by atoms with van der Waals surface area (Å²) in [7, 11) is 0. The molecule has 0 radical (unpaired) electrons. The van der Waals surface area contributed by atoms with E-state index in [-0.39, 0.29) is 35.9 Å². The molecule has 1 atom stereocenters. The maximum Gasteiger partial charge on any atom is 0.453 e. The van der Waals surface area contributed by atoms with E-state index in [2.05, 4.69) is 0 Å². The summed E-state index contributed by atoms with van der Waals surface area (Å²) in [4.78, 5) is 0. The number of hydrogen-bond acceptors (Lipinski definition) is 2. The fourth-order valence-electron chi connectivity index (χ4n) is 3.22. The average molecular weight is 330 g/mol. The maximum absolute atomic E-state index is 13.8. The lowest BCUT2D eigenvalue weighted by atomic mass is 9.82. The number of rotatable bonds is 1. The Labute approximate surface area is 127 Å². The predicted octanol–water partition coefficient (Wildman–Crippen LogP) is 4.37. The number of benzene rings is 1. The van der Waals surface area contributed by atoms with Gasteiger partial charge in [0.05, 0.1) is 28.8 Å². The average Bonchev–Trinajstić information content (AvgIpc) is 2.79. The van der Waals surface area contributed by atoms with Crippen LogP contribution in [0.2, 0.25) is 0 Å². The summed E-state index contributed by atoms with van der Waals surface area (Å²) < 4.78 is 66.3. The van der Waals surface area contributed by atoms with Crippen LogP contribution in [-0.2, 0) is 6.42 Å². The highest BCUT2D eigenvalue weighted by Gasteiger charge is 2.63. The van der Waals surface area contributed by atoms with Crippen molar-refractivity contribution in [2.45, 2.75) is 37.3 Å². The molecule has 0 bridgehead atoms. The number of aromatic nitrogens is 1. The van der Waals surface area contributed by atoms with Crippen molar-refractivity contribution in [3.05, 3.63) is 35.0 Å². The lowest BCUT2D eigenvalue weighted by Crippen LogP contribution is -2.44.